The predicted molar refractivity (Wildman–Crippen MR) is 86.1 cm³/mol. The predicted octanol–water partition coefficient (Wildman–Crippen LogP) is 3.89. The van der Waals surface area contributed by atoms with Gasteiger partial charge < -0.3 is 15.8 Å². The maximum Gasteiger partial charge on any atom is 0.226 e. The van der Waals surface area contributed by atoms with Gasteiger partial charge in [0.25, 0.3) is 0 Å². The number of hydrogen-bond donors (Lipinski definition) is 2. The van der Waals surface area contributed by atoms with Gasteiger partial charge in [0, 0.05) is 17.6 Å². The van der Waals surface area contributed by atoms with Crippen LogP contribution in [0.2, 0.25) is 5.02 Å². The standard InChI is InChI=1S/C15H19ClN4O/c1-3-7-18-13-9-14(20-15(17)19-13)21-11-5-6-12(16)10(4-2)8-11/h5-6,8-9H,3-4,7H2,1-2H3,(H3,17,18,19,20). The summed E-state index contributed by atoms with van der Waals surface area (Å²) in [5.41, 5.74) is 6.73. The Morgan fingerprint density at radius 1 is 1.24 bits per heavy atom. The van der Waals surface area contributed by atoms with E-state index in [9.17, 15) is 0 Å². The van der Waals surface area contributed by atoms with Gasteiger partial charge in [-0.2, -0.15) is 9.97 Å². The second kappa shape index (κ2) is 7.13. The number of rotatable bonds is 6. The number of nitrogens with zero attached hydrogens (tertiary/aromatic N) is 2. The van der Waals surface area contributed by atoms with Crippen LogP contribution in [0.1, 0.15) is 25.8 Å². The van der Waals surface area contributed by atoms with Crippen molar-refractivity contribution in [1.29, 1.82) is 0 Å². The fourth-order valence-corrected chi connectivity index (χ4v) is 2.10. The van der Waals surface area contributed by atoms with Crippen LogP contribution in [0.3, 0.4) is 0 Å². The fraction of sp³-hybridized carbons (Fsp3) is 0.333. The van der Waals surface area contributed by atoms with Gasteiger partial charge in [0.2, 0.25) is 11.8 Å². The number of nitrogens with one attached hydrogen (secondary N) is 1. The Morgan fingerprint density at radius 2 is 2.05 bits per heavy atom. The second-order valence-electron chi connectivity index (χ2n) is 4.59. The molecule has 0 spiro atoms. The Hall–Kier alpha value is -2.01. The Balaban J connectivity index is 2.20. The number of aromatic nitrogens is 2. The fourth-order valence-electron chi connectivity index (χ4n) is 1.85. The van der Waals surface area contributed by atoms with E-state index in [1.165, 1.54) is 0 Å². The Labute approximate surface area is 129 Å². The van der Waals surface area contributed by atoms with E-state index < -0.39 is 0 Å². The highest BCUT2D eigenvalue weighted by Gasteiger charge is 2.06. The Kier molecular flexibility index (Phi) is 5.22. The summed E-state index contributed by atoms with van der Waals surface area (Å²) in [6.45, 7) is 4.94. The van der Waals surface area contributed by atoms with Crippen LogP contribution in [0.25, 0.3) is 0 Å². The molecule has 3 N–H and O–H groups in total. The molecule has 112 valence electrons. The molecule has 21 heavy (non-hydrogen) atoms. The molecule has 1 aromatic heterocycles. The molecule has 0 aliphatic carbocycles. The third-order valence-electron chi connectivity index (χ3n) is 2.90. The van der Waals surface area contributed by atoms with Crippen molar-refractivity contribution >= 4 is 23.4 Å². The average Bonchev–Trinajstić information content (AvgIpc) is 2.46. The molecule has 1 heterocycles. The molecule has 0 aliphatic heterocycles. The lowest BCUT2D eigenvalue weighted by atomic mass is 10.1. The van der Waals surface area contributed by atoms with E-state index in [4.69, 9.17) is 22.1 Å². The smallest absolute Gasteiger partial charge is 0.226 e. The topological polar surface area (TPSA) is 73.1 Å². The highest BCUT2D eigenvalue weighted by Crippen LogP contribution is 2.27. The lowest BCUT2D eigenvalue weighted by molar-refractivity contribution is 0.462. The molecule has 0 aliphatic rings. The molecular weight excluding hydrogens is 288 g/mol. The summed E-state index contributed by atoms with van der Waals surface area (Å²) < 4.78 is 5.75. The van der Waals surface area contributed by atoms with Crippen LogP contribution in [0.15, 0.2) is 24.3 Å². The van der Waals surface area contributed by atoms with Gasteiger partial charge >= 0.3 is 0 Å². The number of benzene rings is 1. The largest absolute Gasteiger partial charge is 0.439 e. The number of ether oxygens (including phenoxy) is 1. The van der Waals surface area contributed by atoms with Crippen molar-refractivity contribution in [3.63, 3.8) is 0 Å². The molecule has 2 aromatic rings. The molecule has 2 rings (SSSR count). The summed E-state index contributed by atoms with van der Waals surface area (Å²) in [5, 5.41) is 3.89. The molecule has 0 bridgehead atoms. The lowest BCUT2D eigenvalue weighted by Crippen LogP contribution is -2.05. The Morgan fingerprint density at radius 3 is 2.76 bits per heavy atom. The van der Waals surface area contributed by atoms with Crippen molar-refractivity contribution < 1.29 is 4.74 Å². The molecular formula is C15H19ClN4O. The maximum absolute atomic E-state index is 6.10. The number of nitrogens with two attached hydrogens (primary N) is 1. The third-order valence-corrected chi connectivity index (χ3v) is 3.27. The van der Waals surface area contributed by atoms with Gasteiger partial charge in [0.15, 0.2) is 0 Å². The lowest BCUT2D eigenvalue weighted by Gasteiger charge is -2.10. The molecule has 1 aromatic carbocycles. The zero-order chi connectivity index (χ0) is 15.2. The van der Waals surface area contributed by atoms with Gasteiger partial charge in [0.05, 0.1) is 0 Å². The third kappa shape index (κ3) is 4.23. The number of aryl methyl sites for hydroxylation is 1. The van der Waals surface area contributed by atoms with Crippen molar-refractivity contribution in [3.05, 3.63) is 34.9 Å². The van der Waals surface area contributed by atoms with Gasteiger partial charge in [-0.25, -0.2) is 0 Å². The second-order valence-corrected chi connectivity index (χ2v) is 4.99. The van der Waals surface area contributed by atoms with Gasteiger partial charge in [-0.15, -0.1) is 0 Å². The van der Waals surface area contributed by atoms with Gasteiger partial charge in [-0.1, -0.05) is 25.4 Å². The molecule has 0 amide bonds. The molecule has 0 radical (unpaired) electrons. The number of hydrogen-bond acceptors (Lipinski definition) is 5. The van der Waals surface area contributed by atoms with Crippen molar-refractivity contribution in [2.75, 3.05) is 17.6 Å². The minimum atomic E-state index is 0.177. The van der Waals surface area contributed by atoms with E-state index >= 15 is 0 Å². The van der Waals surface area contributed by atoms with Crippen molar-refractivity contribution in [2.45, 2.75) is 26.7 Å². The summed E-state index contributed by atoms with van der Waals surface area (Å²) in [7, 11) is 0. The minimum absolute atomic E-state index is 0.177. The zero-order valence-electron chi connectivity index (χ0n) is 12.2. The first-order chi connectivity index (χ1) is 10.1. The molecule has 6 heteroatoms. The van der Waals surface area contributed by atoms with E-state index in [0.29, 0.717) is 17.4 Å². The van der Waals surface area contributed by atoms with Crippen LogP contribution in [-0.2, 0) is 6.42 Å². The zero-order valence-corrected chi connectivity index (χ0v) is 12.9. The van der Waals surface area contributed by atoms with Crippen LogP contribution in [0.5, 0.6) is 11.6 Å². The first-order valence-electron chi connectivity index (χ1n) is 6.97. The van der Waals surface area contributed by atoms with E-state index in [1.807, 2.05) is 19.1 Å². The minimum Gasteiger partial charge on any atom is -0.439 e. The van der Waals surface area contributed by atoms with Crippen LogP contribution in [0, 0.1) is 0 Å². The highest BCUT2D eigenvalue weighted by atomic mass is 35.5. The van der Waals surface area contributed by atoms with E-state index in [0.717, 1.165) is 30.0 Å². The Bertz CT molecular complexity index is 619. The van der Waals surface area contributed by atoms with Crippen molar-refractivity contribution in [3.8, 4) is 11.6 Å². The molecule has 0 atom stereocenters. The van der Waals surface area contributed by atoms with Crippen molar-refractivity contribution in [2.24, 2.45) is 0 Å². The van der Waals surface area contributed by atoms with E-state index in [-0.39, 0.29) is 5.95 Å². The maximum atomic E-state index is 6.10. The summed E-state index contributed by atoms with van der Waals surface area (Å²) >= 11 is 6.10. The van der Waals surface area contributed by atoms with Crippen LogP contribution in [0.4, 0.5) is 11.8 Å². The number of halogens is 1. The van der Waals surface area contributed by atoms with Gasteiger partial charge in [-0.3, -0.25) is 0 Å². The molecule has 0 saturated heterocycles. The first-order valence-corrected chi connectivity index (χ1v) is 7.35. The summed E-state index contributed by atoms with van der Waals surface area (Å²) in [4.78, 5) is 8.20. The summed E-state index contributed by atoms with van der Waals surface area (Å²) in [6.07, 6.45) is 1.84. The molecule has 0 saturated carbocycles. The van der Waals surface area contributed by atoms with Crippen molar-refractivity contribution in [1.82, 2.24) is 9.97 Å². The summed E-state index contributed by atoms with van der Waals surface area (Å²) in [5.74, 6) is 1.92. The first kappa shape index (κ1) is 15.4. The van der Waals surface area contributed by atoms with Gasteiger partial charge in [-0.05, 0) is 36.6 Å². The van der Waals surface area contributed by atoms with Gasteiger partial charge in [0.1, 0.15) is 11.6 Å². The van der Waals surface area contributed by atoms with E-state index in [1.54, 1.807) is 12.1 Å². The molecule has 0 unspecified atom stereocenters. The quantitative estimate of drug-likeness (QED) is 0.847. The highest BCUT2D eigenvalue weighted by molar-refractivity contribution is 6.31. The summed E-state index contributed by atoms with van der Waals surface area (Å²) in [6, 6.07) is 7.25. The SMILES string of the molecule is CCCNc1cc(Oc2ccc(Cl)c(CC)c2)nc(N)n1. The van der Waals surface area contributed by atoms with Crippen LogP contribution >= 0.6 is 11.6 Å². The van der Waals surface area contributed by atoms with Crippen LogP contribution in [-0.4, -0.2) is 16.5 Å². The number of anilines is 2. The number of nitrogen functional groups attached to an aromatic ring is 1. The molecule has 0 fully saturated rings. The average molecular weight is 307 g/mol. The normalized spacial score (nSPS) is 10.4. The monoisotopic (exact) mass is 306 g/mol. The van der Waals surface area contributed by atoms with Crippen LogP contribution < -0.4 is 15.8 Å². The molecule has 5 nitrogen and oxygen atoms in total. The van der Waals surface area contributed by atoms with E-state index in [2.05, 4.69) is 22.2 Å².